The third-order valence-corrected chi connectivity index (χ3v) is 6.36. The molecule has 3 aromatic rings. The second-order valence-electron chi connectivity index (χ2n) is 6.57. The number of nitrogens with one attached hydrogen (secondary N) is 1. The number of hydrogen-bond donors (Lipinski definition) is 1. The van der Waals surface area contributed by atoms with Crippen molar-refractivity contribution in [2.24, 2.45) is 0 Å². The van der Waals surface area contributed by atoms with Gasteiger partial charge in [0.25, 0.3) is 5.91 Å². The normalized spacial score (nSPS) is 15.6. The summed E-state index contributed by atoms with van der Waals surface area (Å²) in [6.07, 6.45) is 0. The van der Waals surface area contributed by atoms with Gasteiger partial charge in [-0.15, -0.1) is 0 Å². The minimum atomic E-state index is -0.990. The van der Waals surface area contributed by atoms with Gasteiger partial charge in [0.15, 0.2) is 0 Å². The molecular formula is C20H18ClN3O2S. The summed E-state index contributed by atoms with van der Waals surface area (Å²) in [6, 6.07) is 12.9. The van der Waals surface area contributed by atoms with Crippen molar-refractivity contribution >= 4 is 34.1 Å². The summed E-state index contributed by atoms with van der Waals surface area (Å²) in [5.41, 5.74) is 5.09. The number of aryl methyl sites for hydroxylation is 1. The highest BCUT2D eigenvalue weighted by atomic mass is 35.5. The first-order valence-electron chi connectivity index (χ1n) is 8.54. The first kappa shape index (κ1) is 17.9. The van der Waals surface area contributed by atoms with E-state index in [4.69, 9.17) is 11.6 Å². The van der Waals surface area contributed by atoms with E-state index in [0.29, 0.717) is 27.9 Å². The number of hydrogen-bond acceptors (Lipinski definition) is 3. The lowest BCUT2D eigenvalue weighted by molar-refractivity contribution is 0.102. The van der Waals surface area contributed by atoms with Crippen LogP contribution in [0.15, 0.2) is 42.5 Å². The quantitative estimate of drug-likeness (QED) is 0.719. The molecule has 0 bridgehead atoms. The number of amides is 1. The predicted octanol–water partition coefficient (Wildman–Crippen LogP) is 4.16. The van der Waals surface area contributed by atoms with Crippen molar-refractivity contribution in [1.29, 1.82) is 0 Å². The highest BCUT2D eigenvalue weighted by molar-refractivity contribution is 7.83. The van der Waals surface area contributed by atoms with Crippen LogP contribution in [0.1, 0.15) is 32.7 Å². The molecule has 1 aromatic heterocycles. The Morgan fingerprint density at radius 1 is 1.15 bits per heavy atom. The van der Waals surface area contributed by atoms with Gasteiger partial charge < -0.3 is 5.32 Å². The Morgan fingerprint density at radius 3 is 2.70 bits per heavy atom. The van der Waals surface area contributed by atoms with Crippen molar-refractivity contribution in [3.05, 3.63) is 75.4 Å². The maximum atomic E-state index is 12.8. The number of anilines is 1. The number of rotatable bonds is 3. The molecule has 7 heteroatoms. The first-order chi connectivity index (χ1) is 13.0. The lowest BCUT2D eigenvalue weighted by Crippen LogP contribution is -2.17. The molecule has 0 fully saturated rings. The topological polar surface area (TPSA) is 64.0 Å². The van der Waals surface area contributed by atoms with Gasteiger partial charge in [0.05, 0.1) is 33.5 Å². The molecular weight excluding hydrogens is 382 g/mol. The smallest absolute Gasteiger partial charge is 0.258 e. The minimum Gasteiger partial charge on any atom is -0.306 e. The van der Waals surface area contributed by atoms with E-state index in [2.05, 4.69) is 10.4 Å². The van der Waals surface area contributed by atoms with Crippen LogP contribution in [0.4, 0.5) is 5.82 Å². The molecule has 0 saturated carbocycles. The van der Waals surface area contributed by atoms with Gasteiger partial charge in [-0.25, -0.2) is 4.68 Å². The fourth-order valence-electron chi connectivity index (χ4n) is 3.22. The van der Waals surface area contributed by atoms with Crippen molar-refractivity contribution in [3.8, 4) is 5.69 Å². The van der Waals surface area contributed by atoms with Crippen LogP contribution >= 0.6 is 11.6 Å². The van der Waals surface area contributed by atoms with Crippen molar-refractivity contribution < 1.29 is 9.00 Å². The number of carbonyl (C=O) groups is 1. The van der Waals surface area contributed by atoms with Crippen LogP contribution in [-0.2, 0) is 22.3 Å². The van der Waals surface area contributed by atoms with Crippen LogP contribution in [0, 0.1) is 13.8 Å². The average Bonchev–Trinajstić information content (AvgIpc) is 3.15. The maximum absolute atomic E-state index is 12.8. The largest absolute Gasteiger partial charge is 0.306 e. The van der Waals surface area contributed by atoms with Crippen LogP contribution in [0.2, 0.25) is 5.02 Å². The molecule has 0 saturated heterocycles. The van der Waals surface area contributed by atoms with Gasteiger partial charge in [-0.05, 0) is 43.2 Å². The van der Waals surface area contributed by atoms with Gasteiger partial charge in [0.1, 0.15) is 5.82 Å². The molecule has 0 aliphatic carbocycles. The van der Waals surface area contributed by atoms with Crippen LogP contribution in [0.25, 0.3) is 5.69 Å². The maximum Gasteiger partial charge on any atom is 0.258 e. The van der Waals surface area contributed by atoms with E-state index in [9.17, 15) is 9.00 Å². The van der Waals surface area contributed by atoms with E-state index in [-0.39, 0.29) is 5.91 Å². The molecule has 1 aliphatic rings. The Morgan fingerprint density at radius 2 is 1.93 bits per heavy atom. The summed E-state index contributed by atoms with van der Waals surface area (Å²) in [6.45, 7) is 4.06. The Labute approximate surface area is 164 Å². The zero-order valence-corrected chi connectivity index (χ0v) is 16.5. The molecule has 1 N–H and O–H groups in total. The number of aromatic nitrogens is 2. The van der Waals surface area contributed by atoms with Gasteiger partial charge in [-0.1, -0.05) is 35.9 Å². The number of halogens is 1. The third-order valence-electron chi connectivity index (χ3n) is 4.82. The second-order valence-corrected chi connectivity index (χ2v) is 8.43. The molecule has 0 spiro atoms. The van der Waals surface area contributed by atoms with Crippen molar-refractivity contribution in [2.75, 3.05) is 5.32 Å². The molecule has 0 radical (unpaired) electrons. The van der Waals surface area contributed by atoms with E-state index in [1.54, 1.807) is 28.9 Å². The minimum absolute atomic E-state index is 0.312. The number of fused-ring (bicyclic) bond motifs is 1. The molecule has 4 rings (SSSR count). The van der Waals surface area contributed by atoms with Gasteiger partial charge in [0, 0.05) is 16.4 Å². The van der Waals surface area contributed by atoms with E-state index in [1.807, 2.05) is 32.0 Å². The Hall–Kier alpha value is -2.44. The second kappa shape index (κ2) is 6.94. The zero-order valence-electron chi connectivity index (χ0n) is 15.0. The van der Waals surface area contributed by atoms with Gasteiger partial charge in [-0.2, -0.15) is 5.10 Å². The predicted molar refractivity (Wildman–Crippen MR) is 108 cm³/mol. The SMILES string of the molecule is Cc1cccc(-n2nc3c(c2NC(=O)c2ccccc2Cl)C[S@](=O)C3)c1C. The molecule has 2 aromatic carbocycles. The fourth-order valence-corrected chi connectivity index (χ4v) is 4.70. The van der Waals surface area contributed by atoms with Crippen LogP contribution in [-0.4, -0.2) is 19.9 Å². The summed E-state index contributed by atoms with van der Waals surface area (Å²) < 4.78 is 13.8. The summed E-state index contributed by atoms with van der Waals surface area (Å²) >= 11 is 6.17. The molecule has 1 amide bonds. The summed E-state index contributed by atoms with van der Waals surface area (Å²) in [5.74, 6) is 1.04. The van der Waals surface area contributed by atoms with Crippen molar-refractivity contribution in [2.45, 2.75) is 25.4 Å². The van der Waals surface area contributed by atoms with Crippen LogP contribution in [0.3, 0.4) is 0 Å². The van der Waals surface area contributed by atoms with E-state index >= 15 is 0 Å². The molecule has 138 valence electrons. The monoisotopic (exact) mass is 399 g/mol. The fraction of sp³-hybridized carbons (Fsp3) is 0.200. The lowest BCUT2D eigenvalue weighted by Gasteiger charge is -2.14. The molecule has 2 heterocycles. The van der Waals surface area contributed by atoms with Gasteiger partial charge in [0.2, 0.25) is 0 Å². The molecule has 1 aliphatic heterocycles. The Balaban J connectivity index is 1.82. The third kappa shape index (κ3) is 3.19. The van der Waals surface area contributed by atoms with Crippen LogP contribution in [0.5, 0.6) is 0 Å². The average molecular weight is 400 g/mol. The van der Waals surface area contributed by atoms with E-state index < -0.39 is 10.8 Å². The molecule has 1 atom stereocenters. The Kier molecular flexibility index (Phi) is 4.61. The Bertz CT molecular complexity index is 1090. The van der Waals surface area contributed by atoms with Crippen molar-refractivity contribution in [3.63, 3.8) is 0 Å². The molecule has 0 unspecified atom stereocenters. The van der Waals surface area contributed by atoms with Gasteiger partial charge in [-0.3, -0.25) is 9.00 Å². The zero-order chi connectivity index (χ0) is 19.1. The van der Waals surface area contributed by atoms with Crippen LogP contribution < -0.4 is 5.32 Å². The summed E-state index contributed by atoms with van der Waals surface area (Å²) in [7, 11) is -0.990. The first-order valence-corrected chi connectivity index (χ1v) is 10.4. The number of benzene rings is 2. The van der Waals surface area contributed by atoms with E-state index in [0.717, 1.165) is 28.1 Å². The van der Waals surface area contributed by atoms with Gasteiger partial charge >= 0.3 is 0 Å². The molecule has 5 nitrogen and oxygen atoms in total. The summed E-state index contributed by atoms with van der Waals surface area (Å²) in [5, 5.41) is 8.00. The molecule has 27 heavy (non-hydrogen) atoms. The highest BCUT2D eigenvalue weighted by Gasteiger charge is 2.29. The number of nitrogens with zero attached hydrogens (tertiary/aromatic N) is 2. The highest BCUT2D eigenvalue weighted by Crippen LogP contribution is 2.33. The number of carbonyl (C=O) groups excluding carboxylic acids is 1. The lowest BCUT2D eigenvalue weighted by atomic mass is 10.1. The standard InChI is InChI=1S/C20H18ClN3O2S/c1-12-6-5-9-18(13(12)2)24-19(15-10-27(26)11-17(15)23-24)22-20(25)14-7-3-4-8-16(14)21/h3-9H,10-11H2,1-2H3,(H,22,25)/t27-/m0/s1. The summed E-state index contributed by atoms with van der Waals surface area (Å²) in [4.78, 5) is 12.8. The van der Waals surface area contributed by atoms with Crippen molar-refractivity contribution in [1.82, 2.24) is 9.78 Å². The van der Waals surface area contributed by atoms with E-state index in [1.165, 1.54) is 0 Å².